The van der Waals surface area contributed by atoms with Gasteiger partial charge in [0, 0.05) is 30.5 Å². The zero-order valence-electron chi connectivity index (χ0n) is 11.5. The Labute approximate surface area is 113 Å². The van der Waals surface area contributed by atoms with Crippen molar-refractivity contribution in [2.24, 2.45) is 0 Å². The van der Waals surface area contributed by atoms with E-state index in [1.165, 1.54) is 6.33 Å². The van der Waals surface area contributed by atoms with Crippen molar-refractivity contribution in [1.29, 1.82) is 0 Å². The lowest BCUT2D eigenvalue weighted by molar-refractivity contribution is 0.615. The van der Waals surface area contributed by atoms with Crippen LogP contribution in [0.25, 0.3) is 0 Å². The molecule has 2 rings (SSSR count). The zero-order valence-corrected chi connectivity index (χ0v) is 11.5. The normalized spacial score (nSPS) is 12.6. The molecule has 2 aromatic heterocycles. The molecule has 0 fully saturated rings. The minimum absolute atomic E-state index is 0.223. The first kappa shape index (κ1) is 13.3. The average Bonchev–Trinajstić information content (AvgIpc) is 2.81. The van der Waals surface area contributed by atoms with E-state index in [0.29, 0.717) is 5.82 Å². The maximum Gasteiger partial charge on any atom is 0.135 e. The zero-order chi connectivity index (χ0) is 13.8. The van der Waals surface area contributed by atoms with E-state index in [0.717, 1.165) is 17.9 Å². The molecule has 0 saturated carbocycles. The second-order valence-electron chi connectivity index (χ2n) is 4.98. The first-order valence-corrected chi connectivity index (χ1v) is 6.40. The van der Waals surface area contributed by atoms with Crippen molar-refractivity contribution in [3.63, 3.8) is 0 Å². The van der Waals surface area contributed by atoms with Gasteiger partial charge in [-0.15, -0.1) is 0 Å². The molecule has 102 valence electrons. The number of nitrogens with one attached hydrogen (secondary N) is 1. The third-order valence-electron chi connectivity index (χ3n) is 2.92. The monoisotopic (exact) mass is 260 g/mol. The van der Waals surface area contributed by atoms with Crippen LogP contribution in [0, 0.1) is 0 Å². The van der Waals surface area contributed by atoms with Gasteiger partial charge in [0.1, 0.15) is 18.0 Å². The largest absolute Gasteiger partial charge is 0.383 e. The van der Waals surface area contributed by atoms with Crippen LogP contribution in [0.5, 0.6) is 0 Å². The van der Waals surface area contributed by atoms with E-state index in [1.54, 1.807) is 12.5 Å². The molecule has 0 aliphatic heterocycles. The van der Waals surface area contributed by atoms with E-state index in [2.05, 4.69) is 41.0 Å². The molecular weight excluding hydrogens is 240 g/mol. The van der Waals surface area contributed by atoms with E-state index in [4.69, 9.17) is 5.73 Å². The molecule has 0 spiro atoms. The maximum absolute atomic E-state index is 5.93. The molecule has 0 amide bonds. The highest BCUT2D eigenvalue weighted by Gasteiger charge is 2.14. The highest BCUT2D eigenvalue weighted by atomic mass is 15.1. The molecule has 6 nitrogen and oxygen atoms in total. The van der Waals surface area contributed by atoms with E-state index in [-0.39, 0.29) is 12.0 Å². The second kappa shape index (κ2) is 5.69. The number of anilines is 2. The van der Waals surface area contributed by atoms with Crippen LogP contribution in [0.3, 0.4) is 0 Å². The summed E-state index contributed by atoms with van der Waals surface area (Å²) in [5.74, 6) is 1.64. The summed E-state index contributed by atoms with van der Waals surface area (Å²) in [5.41, 5.74) is 6.90. The summed E-state index contributed by atoms with van der Waals surface area (Å²) in [4.78, 5) is 12.4. The summed E-state index contributed by atoms with van der Waals surface area (Å²) in [6, 6.07) is 0.223. The van der Waals surface area contributed by atoms with Gasteiger partial charge in [0.25, 0.3) is 0 Å². The smallest absolute Gasteiger partial charge is 0.135 e. The Morgan fingerprint density at radius 2 is 2.11 bits per heavy atom. The van der Waals surface area contributed by atoms with Crippen LogP contribution in [-0.2, 0) is 6.54 Å². The van der Waals surface area contributed by atoms with Gasteiger partial charge in [0.2, 0.25) is 0 Å². The van der Waals surface area contributed by atoms with Crippen molar-refractivity contribution in [3.8, 4) is 0 Å². The average molecular weight is 260 g/mol. The molecule has 2 heterocycles. The molecule has 3 N–H and O–H groups in total. The molecule has 0 radical (unpaired) electrons. The van der Waals surface area contributed by atoms with Gasteiger partial charge >= 0.3 is 0 Å². The second-order valence-corrected chi connectivity index (χ2v) is 4.98. The first-order chi connectivity index (χ1) is 9.08. The van der Waals surface area contributed by atoms with Crippen LogP contribution in [0.1, 0.15) is 32.3 Å². The number of aromatic nitrogens is 4. The Morgan fingerprint density at radius 1 is 1.32 bits per heavy atom. The molecular formula is C13H20N6. The van der Waals surface area contributed by atoms with Gasteiger partial charge in [0.15, 0.2) is 0 Å². The summed E-state index contributed by atoms with van der Waals surface area (Å²) >= 11 is 0. The molecule has 0 bridgehead atoms. The van der Waals surface area contributed by atoms with E-state index in [1.807, 2.05) is 10.8 Å². The van der Waals surface area contributed by atoms with E-state index in [9.17, 15) is 0 Å². The number of nitrogen functional groups attached to an aromatic ring is 1. The van der Waals surface area contributed by atoms with Crippen LogP contribution < -0.4 is 11.1 Å². The molecule has 0 aliphatic carbocycles. The summed E-state index contributed by atoms with van der Waals surface area (Å²) in [7, 11) is 0. The molecule has 0 aliphatic rings. The van der Waals surface area contributed by atoms with Gasteiger partial charge in [-0.05, 0) is 12.8 Å². The van der Waals surface area contributed by atoms with E-state index >= 15 is 0 Å². The topological polar surface area (TPSA) is 81.7 Å². The Bertz CT molecular complexity index is 520. The lowest BCUT2D eigenvalue weighted by Crippen LogP contribution is -2.23. The third-order valence-corrected chi connectivity index (χ3v) is 2.92. The van der Waals surface area contributed by atoms with Gasteiger partial charge < -0.3 is 15.6 Å². The molecule has 0 aromatic carbocycles. The predicted molar refractivity (Wildman–Crippen MR) is 75.8 cm³/mol. The predicted octanol–water partition coefficient (Wildman–Crippen LogP) is 1.88. The van der Waals surface area contributed by atoms with Crippen LogP contribution in [0.4, 0.5) is 11.6 Å². The van der Waals surface area contributed by atoms with Crippen molar-refractivity contribution in [2.75, 3.05) is 11.1 Å². The fourth-order valence-corrected chi connectivity index (χ4v) is 2.08. The van der Waals surface area contributed by atoms with Crippen LogP contribution in [-0.4, -0.2) is 25.6 Å². The van der Waals surface area contributed by atoms with Crippen molar-refractivity contribution in [3.05, 3.63) is 30.6 Å². The fraction of sp³-hybridized carbons (Fsp3) is 0.462. The fourth-order valence-electron chi connectivity index (χ4n) is 2.08. The van der Waals surface area contributed by atoms with Crippen LogP contribution in [0.2, 0.25) is 0 Å². The summed E-state index contributed by atoms with van der Waals surface area (Å²) < 4.78 is 2.03. The van der Waals surface area contributed by atoms with Crippen molar-refractivity contribution < 1.29 is 0 Å². The highest BCUT2D eigenvalue weighted by molar-refractivity contribution is 5.56. The number of nitrogens with two attached hydrogens (primary N) is 1. The lowest BCUT2D eigenvalue weighted by atomic mass is 10.0. The molecule has 1 atom stereocenters. The van der Waals surface area contributed by atoms with E-state index < -0.39 is 0 Å². The van der Waals surface area contributed by atoms with Gasteiger partial charge in [-0.3, -0.25) is 0 Å². The number of hydrogen-bond donors (Lipinski definition) is 2. The van der Waals surface area contributed by atoms with Crippen molar-refractivity contribution in [1.82, 2.24) is 19.5 Å². The van der Waals surface area contributed by atoms with Crippen LogP contribution in [0.15, 0.2) is 25.0 Å². The lowest BCUT2D eigenvalue weighted by Gasteiger charge is -2.19. The quantitative estimate of drug-likeness (QED) is 0.857. The molecule has 6 heteroatoms. The van der Waals surface area contributed by atoms with Gasteiger partial charge in [-0.2, -0.15) is 0 Å². The van der Waals surface area contributed by atoms with Crippen molar-refractivity contribution >= 4 is 11.6 Å². The Balaban J connectivity index is 2.12. The number of imidazole rings is 1. The summed E-state index contributed by atoms with van der Waals surface area (Å²) in [6.07, 6.45) is 7.01. The molecule has 19 heavy (non-hydrogen) atoms. The molecule has 2 aromatic rings. The summed E-state index contributed by atoms with van der Waals surface area (Å²) in [5, 5.41) is 3.39. The summed E-state index contributed by atoms with van der Waals surface area (Å²) in [6.45, 7) is 7.09. The van der Waals surface area contributed by atoms with Crippen LogP contribution >= 0.6 is 0 Å². The van der Waals surface area contributed by atoms with Crippen molar-refractivity contribution in [2.45, 2.75) is 39.3 Å². The third kappa shape index (κ3) is 3.21. The highest BCUT2D eigenvalue weighted by Crippen LogP contribution is 2.26. The Hall–Kier alpha value is -2.11. The Kier molecular flexibility index (Phi) is 3.99. The SMILES string of the molecule is CC(Cn1ccnc1)Nc1ncnc(N)c1C(C)C. The number of hydrogen-bond acceptors (Lipinski definition) is 5. The molecule has 1 unspecified atom stereocenters. The van der Waals surface area contributed by atoms with Gasteiger partial charge in [0.05, 0.1) is 6.33 Å². The van der Waals surface area contributed by atoms with Gasteiger partial charge in [-0.25, -0.2) is 15.0 Å². The van der Waals surface area contributed by atoms with Gasteiger partial charge in [-0.1, -0.05) is 13.8 Å². The molecule has 0 saturated heterocycles. The minimum atomic E-state index is 0.223. The number of rotatable bonds is 5. The maximum atomic E-state index is 5.93. The Morgan fingerprint density at radius 3 is 2.74 bits per heavy atom. The standard InChI is InChI=1S/C13H20N6/c1-9(2)11-12(14)16-7-17-13(11)18-10(3)6-19-5-4-15-8-19/h4-5,7-10H,6H2,1-3H3,(H3,14,16,17,18). The first-order valence-electron chi connectivity index (χ1n) is 6.40. The minimum Gasteiger partial charge on any atom is -0.383 e. The number of nitrogens with zero attached hydrogens (tertiary/aromatic N) is 4.